The maximum absolute atomic E-state index is 12.3. The van der Waals surface area contributed by atoms with Gasteiger partial charge in [-0.05, 0) is 52.0 Å². The molecule has 0 aromatic heterocycles. The van der Waals surface area contributed by atoms with E-state index < -0.39 is 14.6 Å². The summed E-state index contributed by atoms with van der Waals surface area (Å²) in [4.78, 5) is 0. The van der Waals surface area contributed by atoms with Gasteiger partial charge in [-0.25, -0.2) is 8.42 Å². The van der Waals surface area contributed by atoms with E-state index in [-0.39, 0.29) is 5.41 Å². The molecular formula is C15H31NO2S. The first-order chi connectivity index (χ1) is 8.72. The molecule has 0 bridgehead atoms. The highest BCUT2D eigenvalue weighted by Gasteiger charge is 2.36. The van der Waals surface area contributed by atoms with Crippen LogP contribution in [0.1, 0.15) is 66.2 Å². The summed E-state index contributed by atoms with van der Waals surface area (Å²) in [6.07, 6.45) is 6.99. The molecule has 0 atom stereocenters. The van der Waals surface area contributed by atoms with Crippen molar-refractivity contribution >= 4 is 9.84 Å². The van der Waals surface area contributed by atoms with Crippen LogP contribution in [0, 0.1) is 5.41 Å². The summed E-state index contributed by atoms with van der Waals surface area (Å²) in [5.41, 5.74) is 0.215. The molecule has 4 heteroatoms. The van der Waals surface area contributed by atoms with E-state index in [1.807, 2.05) is 0 Å². The van der Waals surface area contributed by atoms with Gasteiger partial charge in [0.1, 0.15) is 0 Å². The third-order valence-corrected chi connectivity index (χ3v) is 7.11. The molecule has 0 aliphatic heterocycles. The van der Waals surface area contributed by atoms with E-state index >= 15 is 0 Å². The van der Waals surface area contributed by atoms with Crippen LogP contribution in [-0.2, 0) is 9.84 Å². The molecule has 0 spiro atoms. The van der Waals surface area contributed by atoms with Crippen LogP contribution in [0.5, 0.6) is 0 Å². The van der Waals surface area contributed by atoms with Crippen LogP contribution in [0.3, 0.4) is 0 Å². The summed E-state index contributed by atoms with van der Waals surface area (Å²) >= 11 is 0. The number of sulfone groups is 1. The predicted molar refractivity (Wildman–Crippen MR) is 82.2 cm³/mol. The van der Waals surface area contributed by atoms with Crippen molar-refractivity contribution in [2.45, 2.75) is 71.0 Å². The minimum absolute atomic E-state index is 0.215. The van der Waals surface area contributed by atoms with Gasteiger partial charge in [-0.1, -0.05) is 26.2 Å². The Morgan fingerprint density at radius 3 is 2.16 bits per heavy atom. The van der Waals surface area contributed by atoms with Crippen LogP contribution < -0.4 is 5.32 Å². The van der Waals surface area contributed by atoms with Crippen LogP contribution in [0.25, 0.3) is 0 Å². The largest absolute Gasteiger partial charge is 0.316 e. The van der Waals surface area contributed by atoms with E-state index in [1.54, 1.807) is 20.8 Å². The van der Waals surface area contributed by atoms with E-state index in [2.05, 4.69) is 12.2 Å². The van der Waals surface area contributed by atoms with E-state index in [0.717, 1.165) is 19.5 Å². The third-order valence-electron chi connectivity index (χ3n) is 4.50. The summed E-state index contributed by atoms with van der Waals surface area (Å²) in [5, 5.41) is 3.44. The fraction of sp³-hybridized carbons (Fsp3) is 1.00. The average molecular weight is 289 g/mol. The molecule has 1 aliphatic rings. The molecule has 114 valence electrons. The summed E-state index contributed by atoms with van der Waals surface area (Å²) < 4.78 is 24.0. The molecule has 0 radical (unpaired) electrons. The van der Waals surface area contributed by atoms with Gasteiger partial charge in [0.25, 0.3) is 0 Å². The zero-order valence-corrected chi connectivity index (χ0v) is 13.9. The monoisotopic (exact) mass is 289 g/mol. The quantitative estimate of drug-likeness (QED) is 0.817. The van der Waals surface area contributed by atoms with E-state index in [9.17, 15) is 8.42 Å². The van der Waals surface area contributed by atoms with Crippen molar-refractivity contribution in [3.05, 3.63) is 0 Å². The standard InChI is InChI=1S/C15H31NO2S/c1-5-16-13-15(9-7-6-8-10-15)11-12-19(17,18)14(2,3)4/h16H,5-13H2,1-4H3. The van der Waals surface area contributed by atoms with Gasteiger partial charge in [0.2, 0.25) is 0 Å². The SMILES string of the molecule is CCNCC1(CCS(=O)(=O)C(C)(C)C)CCCCC1. The van der Waals surface area contributed by atoms with E-state index in [0.29, 0.717) is 5.75 Å². The van der Waals surface area contributed by atoms with Crippen molar-refractivity contribution in [3.8, 4) is 0 Å². The van der Waals surface area contributed by atoms with Crippen molar-refractivity contribution < 1.29 is 8.42 Å². The minimum atomic E-state index is -2.99. The molecule has 1 N–H and O–H groups in total. The van der Waals surface area contributed by atoms with Gasteiger partial charge in [0.15, 0.2) is 9.84 Å². The van der Waals surface area contributed by atoms with Crippen molar-refractivity contribution in [3.63, 3.8) is 0 Å². The number of rotatable bonds is 6. The molecule has 0 aromatic rings. The lowest BCUT2D eigenvalue weighted by molar-refractivity contribution is 0.176. The molecule has 0 heterocycles. The number of hydrogen-bond donors (Lipinski definition) is 1. The molecule has 0 saturated heterocycles. The van der Waals surface area contributed by atoms with Crippen LogP contribution >= 0.6 is 0 Å². The first-order valence-corrected chi connectivity index (χ1v) is 9.31. The molecule has 0 unspecified atom stereocenters. The lowest BCUT2D eigenvalue weighted by Gasteiger charge is -2.38. The van der Waals surface area contributed by atoms with Crippen LogP contribution in [0.15, 0.2) is 0 Å². The lowest BCUT2D eigenvalue weighted by Crippen LogP contribution is -2.39. The molecule has 1 rings (SSSR count). The smallest absolute Gasteiger partial charge is 0.155 e. The maximum Gasteiger partial charge on any atom is 0.155 e. The Labute approximate surface area is 119 Å². The van der Waals surface area contributed by atoms with Gasteiger partial charge in [0, 0.05) is 6.54 Å². The Balaban J connectivity index is 2.68. The highest BCUT2D eigenvalue weighted by Crippen LogP contribution is 2.39. The first-order valence-electron chi connectivity index (χ1n) is 7.65. The fourth-order valence-electron chi connectivity index (χ4n) is 2.86. The zero-order chi connectivity index (χ0) is 14.6. The van der Waals surface area contributed by atoms with Gasteiger partial charge in [0.05, 0.1) is 10.5 Å². The van der Waals surface area contributed by atoms with Gasteiger partial charge in [-0.2, -0.15) is 0 Å². The molecule has 1 saturated carbocycles. The van der Waals surface area contributed by atoms with Gasteiger partial charge >= 0.3 is 0 Å². The molecule has 1 fully saturated rings. The van der Waals surface area contributed by atoms with Gasteiger partial charge < -0.3 is 5.32 Å². The van der Waals surface area contributed by atoms with Crippen LogP contribution in [0.2, 0.25) is 0 Å². The van der Waals surface area contributed by atoms with E-state index in [1.165, 1.54) is 32.1 Å². The second kappa shape index (κ2) is 6.57. The van der Waals surface area contributed by atoms with E-state index in [4.69, 9.17) is 0 Å². The molecule has 0 aromatic carbocycles. The van der Waals surface area contributed by atoms with Crippen molar-refractivity contribution in [1.82, 2.24) is 5.32 Å². The fourth-order valence-corrected chi connectivity index (χ4v) is 4.18. The molecule has 1 aliphatic carbocycles. The Kier molecular flexibility index (Phi) is 5.87. The number of nitrogens with one attached hydrogen (secondary N) is 1. The Morgan fingerprint density at radius 2 is 1.68 bits per heavy atom. The highest BCUT2D eigenvalue weighted by atomic mass is 32.2. The summed E-state index contributed by atoms with van der Waals surface area (Å²) in [7, 11) is -2.99. The third kappa shape index (κ3) is 4.75. The van der Waals surface area contributed by atoms with Crippen LogP contribution in [-0.4, -0.2) is 32.0 Å². The van der Waals surface area contributed by atoms with Crippen molar-refractivity contribution in [2.24, 2.45) is 5.41 Å². The predicted octanol–water partition coefficient (Wildman–Crippen LogP) is 3.15. The maximum atomic E-state index is 12.3. The zero-order valence-electron chi connectivity index (χ0n) is 13.1. The Hall–Kier alpha value is -0.0900. The average Bonchev–Trinajstić information content (AvgIpc) is 2.34. The normalized spacial score (nSPS) is 20.4. The topological polar surface area (TPSA) is 46.2 Å². The highest BCUT2D eigenvalue weighted by molar-refractivity contribution is 7.92. The van der Waals surface area contributed by atoms with Crippen molar-refractivity contribution in [2.75, 3.05) is 18.8 Å². The summed E-state index contributed by atoms with van der Waals surface area (Å²) in [6.45, 7) is 9.47. The minimum Gasteiger partial charge on any atom is -0.316 e. The molecular weight excluding hydrogens is 258 g/mol. The first kappa shape index (κ1) is 17.0. The summed E-state index contributed by atoms with van der Waals surface area (Å²) in [5.74, 6) is 0.335. The lowest BCUT2D eigenvalue weighted by atomic mass is 9.72. The van der Waals surface area contributed by atoms with Gasteiger partial charge in [-0.3, -0.25) is 0 Å². The molecule has 3 nitrogen and oxygen atoms in total. The number of hydrogen-bond acceptors (Lipinski definition) is 3. The van der Waals surface area contributed by atoms with Gasteiger partial charge in [-0.15, -0.1) is 0 Å². The van der Waals surface area contributed by atoms with Crippen molar-refractivity contribution in [1.29, 1.82) is 0 Å². The Morgan fingerprint density at radius 1 is 1.11 bits per heavy atom. The molecule has 0 amide bonds. The Bertz CT molecular complexity index is 362. The molecule has 19 heavy (non-hydrogen) atoms. The second-order valence-electron chi connectivity index (χ2n) is 7.02. The van der Waals surface area contributed by atoms with Crippen LogP contribution in [0.4, 0.5) is 0 Å². The summed E-state index contributed by atoms with van der Waals surface area (Å²) in [6, 6.07) is 0. The second-order valence-corrected chi connectivity index (χ2v) is 9.88.